The Kier molecular flexibility index (Phi) is 8.10. The summed E-state index contributed by atoms with van der Waals surface area (Å²) in [6.45, 7) is 2.53. The summed E-state index contributed by atoms with van der Waals surface area (Å²) in [6, 6.07) is 3.45. The zero-order chi connectivity index (χ0) is 15.5. The molecule has 114 valence electrons. The fourth-order valence-electron chi connectivity index (χ4n) is 1.90. The second-order valence-corrected chi connectivity index (χ2v) is 4.59. The molecule has 0 radical (unpaired) electrons. The van der Waals surface area contributed by atoms with Gasteiger partial charge in [-0.1, -0.05) is 25.2 Å². The maximum Gasteiger partial charge on any atom is 0.271 e. The molecule has 1 heterocycles. The van der Waals surface area contributed by atoms with Crippen molar-refractivity contribution < 1.29 is 14.6 Å². The van der Waals surface area contributed by atoms with Crippen LogP contribution in [-0.2, 0) is 4.74 Å². The number of methoxy groups -OCH3 is 1. The van der Waals surface area contributed by atoms with Crippen LogP contribution in [0.15, 0.2) is 18.3 Å². The minimum atomic E-state index is -0.251. The first kappa shape index (κ1) is 17.2. The highest BCUT2D eigenvalue weighted by Crippen LogP contribution is 2.06. The molecule has 5 nitrogen and oxygen atoms in total. The molecule has 0 aliphatic carbocycles. The van der Waals surface area contributed by atoms with Gasteiger partial charge in [-0.25, -0.2) is 4.98 Å². The van der Waals surface area contributed by atoms with Gasteiger partial charge in [0.1, 0.15) is 5.69 Å². The van der Waals surface area contributed by atoms with Gasteiger partial charge in [0.2, 0.25) is 0 Å². The molecule has 0 spiro atoms. The summed E-state index contributed by atoms with van der Waals surface area (Å²) in [5.41, 5.74) is 0.872. The van der Waals surface area contributed by atoms with Crippen LogP contribution in [0.1, 0.15) is 42.2 Å². The molecule has 0 aliphatic heterocycles. The van der Waals surface area contributed by atoms with Gasteiger partial charge in [0.15, 0.2) is 0 Å². The third-order valence-electron chi connectivity index (χ3n) is 2.82. The molecule has 1 aromatic rings. The molecule has 1 amide bonds. The number of rotatable bonds is 7. The average Bonchev–Trinajstić information content (AvgIpc) is 2.48. The first-order valence-electron chi connectivity index (χ1n) is 7.07. The fraction of sp³-hybridized carbons (Fsp3) is 0.500. The van der Waals surface area contributed by atoms with Crippen LogP contribution in [0.25, 0.3) is 0 Å². The lowest BCUT2D eigenvalue weighted by Crippen LogP contribution is -2.38. The van der Waals surface area contributed by atoms with E-state index < -0.39 is 0 Å². The maximum absolute atomic E-state index is 12.3. The van der Waals surface area contributed by atoms with Crippen LogP contribution in [0.3, 0.4) is 0 Å². The number of carbonyl (C=O) groups excluding carboxylic acids is 1. The molecule has 0 bridgehead atoms. The van der Waals surface area contributed by atoms with Crippen LogP contribution in [-0.4, -0.2) is 42.4 Å². The molecule has 1 atom stereocenters. The van der Waals surface area contributed by atoms with Crippen molar-refractivity contribution >= 4 is 5.91 Å². The Morgan fingerprint density at radius 3 is 3.05 bits per heavy atom. The van der Waals surface area contributed by atoms with Crippen LogP contribution in [0.4, 0.5) is 0 Å². The van der Waals surface area contributed by atoms with Crippen molar-refractivity contribution in [2.24, 2.45) is 0 Å². The average molecular weight is 290 g/mol. The quantitative estimate of drug-likeness (QED) is 0.744. The van der Waals surface area contributed by atoms with E-state index in [0.29, 0.717) is 24.3 Å². The number of nitrogens with one attached hydrogen (secondary N) is 1. The van der Waals surface area contributed by atoms with E-state index in [-0.39, 0.29) is 18.6 Å². The highest BCUT2D eigenvalue weighted by molar-refractivity contribution is 5.94. The monoisotopic (exact) mass is 290 g/mol. The largest absolute Gasteiger partial charge is 0.395 e. The molecule has 0 aromatic carbocycles. The summed E-state index contributed by atoms with van der Waals surface area (Å²) in [4.78, 5) is 16.4. The van der Waals surface area contributed by atoms with Crippen LogP contribution in [0, 0.1) is 11.8 Å². The van der Waals surface area contributed by atoms with E-state index >= 15 is 0 Å². The first-order chi connectivity index (χ1) is 10.2. The number of ether oxygens (including phenoxy) is 1. The number of nitrogens with zero attached hydrogens (tertiary/aromatic N) is 1. The number of pyridine rings is 1. The Balaban J connectivity index is 2.84. The molecule has 21 heavy (non-hydrogen) atoms. The van der Waals surface area contributed by atoms with Crippen LogP contribution >= 0.6 is 0 Å². The third kappa shape index (κ3) is 5.94. The van der Waals surface area contributed by atoms with Gasteiger partial charge >= 0.3 is 0 Å². The zero-order valence-corrected chi connectivity index (χ0v) is 12.6. The molecule has 1 aromatic heterocycles. The van der Waals surface area contributed by atoms with Crippen LogP contribution in [0.2, 0.25) is 0 Å². The molecule has 5 heteroatoms. The molecule has 1 unspecified atom stereocenters. The Labute approximate surface area is 125 Å². The number of hydrogen-bond donors (Lipinski definition) is 2. The molecule has 0 fully saturated rings. The van der Waals surface area contributed by atoms with E-state index in [1.807, 2.05) is 0 Å². The number of hydrogen-bond acceptors (Lipinski definition) is 4. The van der Waals surface area contributed by atoms with Crippen molar-refractivity contribution in [3.05, 3.63) is 29.6 Å². The molecular weight excluding hydrogens is 268 g/mol. The highest BCUT2D eigenvalue weighted by Gasteiger charge is 2.16. The minimum Gasteiger partial charge on any atom is -0.395 e. The predicted molar refractivity (Wildman–Crippen MR) is 80.9 cm³/mol. The SMILES string of the molecule is CCCC(COC)NC(=O)c1ncccc1C#CCCO. The first-order valence-corrected chi connectivity index (χ1v) is 7.07. The van der Waals surface area contributed by atoms with Gasteiger partial charge in [-0.2, -0.15) is 0 Å². The van der Waals surface area contributed by atoms with Crippen molar-refractivity contribution in [2.75, 3.05) is 20.3 Å². The number of amides is 1. The molecule has 2 N–H and O–H groups in total. The fourth-order valence-corrected chi connectivity index (χ4v) is 1.90. The Morgan fingerprint density at radius 1 is 1.57 bits per heavy atom. The number of aromatic nitrogens is 1. The zero-order valence-electron chi connectivity index (χ0n) is 12.6. The van der Waals surface area contributed by atoms with E-state index in [0.717, 1.165) is 12.8 Å². The van der Waals surface area contributed by atoms with E-state index in [9.17, 15) is 4.79 Å². The van der Waals surface area contributed by atoms with Crippen LogP contribution in [0.5, 0.6) is 0 Å². The molecule has 0 saturated carbocycles. The van der Waals surface area contributed by atoms with Gasteiger partial charge in [-0.15, -0.1) is 0 Å². The summed E-state index contributed by atoms with van der Waals surface area (Å²) >= 11 is 0. The number of aliphatic hydroxyl groups is 1. The van der Waals surface area contributed by atoms with Crippen molar-refractivity contribution in [1.82, 2.24) is 10.3 Å². The van der Waals surface area contributed by atoms with E-state index in [1.165, 1.54) is 0 Å². The second kappa shape index (κ2) is 9.92. The highest BCUT2D eigenvalue weighted by atomic mass is 16.5. The van der Waals surface area contributed by atoms with Gasteiger partial charge in [0.05, 0.1) is 24.8 Å². The summed E-state index contributed by atoms with van der Waals surface area (Å²) in [6.07, 6.45) is 3.74. The van der Waals surface area contributed by atoms with Crippen molar-refractivity contribution in [1.29, 1.82) is 0 Å². The van der Waals surface area contributed by atoms with E-state index in [4.69, 9.17) is 9.84 Å². The smallest absolute Gasteiger partial charge is 0.271 e. The lowest BCUT2D eigenvalue weighted by atomic mass is 10.1. The van der Waals surface area contributed by atoms with E-state index in [1.54, 1.807) is 25.4 Å². The van der Waals surface area contributed by atoms with Gasteiger partial charge in [0, 0.05) is 19.7 Å². The van der Waals surface area contributed by atoms with E-state index in [2.05, 4.69) is 29.1 Å². The van der Waals surface area contributed by atoms with Gasteiger partial charge in [-0.05, 0) is 18.6 Å². The third-order valence-corrected chi connectivity index (χ3v) is 2.82. The Hall–Kier alpha value is -1.90. The molecule has 0 aliphatic rings. The lowest BCUT2D eigenvalue weighted by Gasteiger charge is -2.17. The molecular formula is C16H22N2O3. The Morgan fingerprint density at radius 2 is 2.38 bits per heavy atom. The van der Waals surface area contributed by atoms with Crippen molar-refractivity contribution in [2.45, 2.75) is 32.2 Å². The minimum absolute atomic E-state index is 0.00120. The predicted octanol–water partition coefficient (Wildman–Crippen LogP) is 1.36. The summed E-state index contributed by atoms with van der Waals surface area (Å²) in [7, 11) is 1.61. The topological polar surface area (TPSA) is 71.5 Å². The van der Waals surface area contributed by atoms with Crippen LogP contribution < -0.4 is 5.32 Å². The van der Waals surface area contributed by atoms with Gasteiger partial charge in [0.25, 0.3) is 5.91 Å². The number of aliphatic hydroxyl groups excluding tert-OH is 1. The Bertz CT molecular complexity index is 500. The standard InChI is InChI=1S/C16H22N2O3/c1-3-7-14(12-21-2)18-16(20)15-13(8-4-5-11-19)9-6-10-17-15/h6,9-10,14,19H,3,5,7,11-12H2,1-2H3,(H,18,20). The van der Waals surface area contributed by atoms with Crippen molar-refractivity contribution in [3.63, 3.8) is 0 Å². The van der Waals surface area contributed by atoms with Crippen molar-refractivity contribution in [3.8, 4) is 11.8 Å². The summed E-state index contributed by atoms with van der Waals surface area (Å²) in [5.74, 6) is 5.42. The lowest BCUT2D eigenvalue weighted by molar-refractivity contribution is 0.0886. The molecule has 1 rings (SSSR count). The van der Waals surface area contributed by atoms with Gasteiger partial charge < -0.3 is 15.2 Å². The number of carbonyl (C=O) groups is 1. The summed E-state index contributed by atoms with van der Waals surface area (Å²) in [5, 5.41) is 11.7. The maximum atomic E-state index is 12.3. The second-order valence-electron chi connectivity index (χ2n) is 4.59. The summed E-state index contributed by atoms with van der Waals surface area (Å²) < 4.78 is 5.11. The molecule has 0 saturated heterocycles. The van der Waals surface area contributed by atoms with Gasteiger partial charge in [-0.3, -0.25) is 4.79 Å². The normalized spacial score (nSPS) is 11.4.